The lowest BCUT2D eigenvalue weighted by atomic mass is 10.0. The lowest BCUT2D eigenvalue weighted by Gasteiger charge is -2.41. The van der Waals surface area contributed by atoms with E-state index in [2.05, 4.69) is 15.5 Å². The summed E-state index contributed by atoms with van der Waals surface area (Å²) in [6, 6.07) is 12.0. The van der Waals surface area contributed by atoms with Gasteiger partial charge in [-0.1, -0.05) is 6.07 Å². The Labute approximate surface area is 267 Å². The number of piperidine rings is 1. The number of hydrogen-bond donors (Lipinski definition) is 2. The number of fused-ring (bicyclic) bond motifs is 2. The Balaban J connectivity index is 1.05. The Bertz CT molecular complexity index is 1990. The number of ether oxygens (including phenoxy) is 2. The molecular formula is C33H31N5O7S. The van der Waals surface area contributed by atoms with E-state index in [1.54, 1.807) is 39.6 Å². The molecule has 1 atom stereocenters. The SMILES string of the molecule is COc1cc(OC)cc(-c2cn(C)c(=O)c3cc(C(=O)NC4CN(c5ccc6c(c5)C(=O)N(C5CCC(=O)NC5=O)C6)C4)sc23)c1. The zero-order valence-electron chi connectivity index (χ0n) is 25.4. The standard InChI is InChI=1S/C33H31N5O7S/c1-36-16-25(18-8-21(44-2)11-22(9-18)45-3)29-24(32(36)42)12-27(46-29)31(41)34-19-14-37(15-19)20-5-4-17-13-38(33(43)23(17)10-20)26-6-7-28(39)35-30(26)40/h4-5,8-12,16,19,26H,6-7,13-15H2,1-3H3,(H,34,41)(H,35,39,40). The third-order valence-corrected chi connectivity index (χ3v) is 10.00. The number of amides is 4. The molecule has 2 N–H and O–H groups in total. The van der Waals surface area contributed by atoms with Crippen LogP contribution in [0, 0.1) is 0 Å². The summed E-state index contributed by atoms with van der Waals surface area (Å²) in [6.45, 7) is 1.43. The van der Waals surface area contributed by atoms with Gasteiger partial charge in [-0.25, -0.2) is 0 Å². The predicted octanol–water partition coefficient (Wildman–Crippen LogP) is 2.66. The summed E-state index contributed by atoms with van der Waals surface area (Å²) in [6.07, 6.45) is 2.28. The number of carbonyl (C=O) groups excluding carboxylic acids is 4. The Morgan fingerprint density at radius 2 is 1.72 bits per heavy atom. The van der Waals surface area contributed by atoms with Gasteiger partial charge in [0.15, 0.2) is 0 Å². The molecule has 7 rings (SSSR count). The van der Waals surface area contributed by atoms with Gasteiger partial charge in [0.25, 0.3) is 17.4 Å². The second-order valence-corrected chi connectivity index (χ2v) is 12.8. The molecule has 13 heteroatoms. The number of methoxy groups -OCH3 is 2. The zero-order chi connectivity index (χ0) is 32.3. The molecule has 0 spiro atoms. The molecule has 0 radical (unpaired) electrons. The number of anilines is 1. The van der Waals surface area contributed by atoms with Gasteiger partial charge in [-0.05, 0) is 47.9 Å². The molecule has 0 aliphatic carbocycles. The minimum atomic E-state index is -0.659. The maximum Gasteiger partial charge on any atom is 0.261 e. The van der Waals surface area contributed by atoms with Crippen molar-refractivity contribution in [2.24, 2.45) is 7.05 Å². The lowest BCUT2D eigenvalue weighted by molar-refractivity contribution is -0.136. The largest absolute Gasteiger partial charge is 0.497 e. The molecule has 236 valence electrons. The lowest BCUT2D eigenvalue weighted by Crippen LogP contribution is -2.59. The van der Waals surface area contributed by atoms with Gasteiger partial charge < -0.3 is 29.2 Å². The Hall–Kier alpha value is -5.17. The maximum atomic E-state index is 13.4. The molecule has 2 aromatic heterocycles. The van der Waals surface area contributed by atoms with Gasteiger partial charge >= 0.3 is 0 Å². The van der Waals surface area contributed by atoms with E-state index >= 15 is 0 Å². The van der Waals surface area contributed by atoms with E-state index in [1.807, 2.05) is 30.3 Å². The van der Waals surface area contributed by atoms with Crippen molar-refractivity contribution in [1.29, 1.82) is 0 Å². The highest BCUT2D eigenvalue weighted by Crippen LogP contribution is 2.37. The fourth-order valence-corrected chi connectivity index (χ4v) is 7.39. The summed E-state index contributed by atoms with van der Waals surface area (Å²) < 4.78 is 13.1. The smallest absolute Gasteiger partial charge is 0.261 e. The van der Waals surface area contributed by atoms with Crippen molar-refractivity contribution < 1.29 is 28.7 Å². The van der Waals surface area contributed by atoms with Gasteiger partial charge in [0, 0.05) is 66.9 Å². The van der Waals surface area contributed by atoms with Gasteiger partial charge in [-0.3, -0.25) is 29.3 Å². The van der Waals surface area contributed by atoms with Crippen molar-refractivity contribution in [3.05, 3.63) is 75.0 Å². The number of pyridine rings is 1. The number of hydrogen-bond acceptors (Lipinski definition) is 9. The highest BCUT2D eigenvalue weighted by atomic mass is 32.1. The van der Waals surface area contributed by atoms with E-state index in [-0.39, 0.29) is 35.7 Å². The molecule has 4 amide bonds. The number of nitrogens with one attached hydrogen (secondary N) is 2. The molecule has 46 heavy (non-hydrogen) atoms. The molecule has 1 unspecified atom stereocenters. The van der Waals surface area contributed by atoms with Gasteiger partial charge in [-0.2, -0.15) is 0 Å². The minimum absolute atomic E-state index is 0.119. The van der Waals surface area contributed by atoms with E-state index in [1.165, 1.54) is 20.8 Å². The van der Waals surface area contributed by atoms with Crippen molar-refractivity contribution in [3.63, 3.8) is 0 Å². The topological polar surface area (TPSA) is 139 Å². The van der Waals surface area contributed by atoms with Gasteiger partial charge in [0.05, 0.1) is 30.5 Å². The Morgan fingerprint density at radius 3 is 2.41 bits per heavy atom. The molecule has 3 aliphatic rings. The first-order valence-electron chi connectivity index (χ1n) is 14.8. The predicted molar refractivity (Wildman–Crippen MR) is 172 cm³/mol. The number of nitrogens with zero attached hydrogens (tertiary/aromatic N) is 3. The summed E-state index contributed by atoms with van der Waals surface area (Å²) in [5.41, 5.74) is 3.63. The van der Waals surface area contributed by atoms with Crippen LogP contribution in [0.15, 0.2) is 53.5 Å². The maximum absolute atomic E-state index is 13.4. The van der Waals surface area contributed by atoms with Crippen LogP contribution in [0.25, 0.3) is 21.2 Å². The first-order valence-corrected chi connectivity index (χ1v) is 15.6. The Morgan fingerprint density at radius 1 is 0.978 bits per heavy atom. The third kappa shape index (κ3) is 5.06. The van der Waals surface area contributed by atoms with Crippen LogP contribution in [-0.4, -0.2) is 72.5 Å². The molecule has 0 bridgehead atoms. The van der Waals surface area contributed by atoms with Crippen molar-refractivity contribution in [3.8, 4) is 22.6 Å². The van der Waals surface area contributed by atoms with Crippen LogP contribution in [0.2, 0.25) is 0 Å². The molecular weight excluding hydrogens is 610 g/mol. The monoisotopic (exact) mass is 641 g/mol. The number of thiophene rings is 1. The van der Waals surface area contributed by atoms with Crippen molar-refractivity contribution in [2.75, 3.05) is 32.2 Å². The first-order chi connectivity index (χ1) is 22.1. The van der Waals surface area contributed by atoms with E-state index in [0.717, 1.165) is 22.4 Å². The van der Waals surface area contributed by atoms with Crippen LogP contribution < -0.4 is 30.6 Å². The molecule has 3 aliphatic heterocycles. The van der Waals surface area contributed by atoms with Crippen molar-refractivity contribution >= 4 is 50.7 Å². The fourth-order valence-electron chi connectivity index (χ4n) is 6.31. The number of aromatic nitrogens is 1. The normalized spacial score (nSPS) is 18.0. The molecule has 4 aromatic rings. The molecule has 5 heterocycles. The van der Waals surface area contributed by atoms with Gasteiger partial charge in [0.2, 0.25) is 11.8 Å². The highest BCUT2D eigenvalue weighted by Gasteiger charge is 2.40. The summed E-state index contributed by atoms with van der Waals surface area (Å²) in [4.78, 5) is 67.6. The molecule has 2 aromatic carbocycles. The summed E-state index contributed by atoms with van der Waals surface area (Å²) in [7, 11) is 4.83. The number of imide groups is 1. The highest BCUT2D eigenvalue weighted by molar-refractivity contribution is 7.21. The molecule has 2 saturated heterocycles. The molecule has 0 saturated carbocycles. The summed E-state index contributed by atoms with van der Waals surface area (Å²) in [5, 5.41) is 5.86. The van der Waals surface area contributed by atoms with Crippen LogP contribution in [0.4, 0.5) is 5.69 Å². The number of aryl methyl sites for hydroxylation is 1. The summed E-state index contributed by atoms with van der Waals surface area (Å²) >= 11 is 1.27. The second-order valence-electron chi connectivity index (χ2n) is 11.7. The van der Waals surface area contributed by atoms with Crippen LogP contribution in [0.5, 0.6) is 11.5 Å². The van der Waals surface area contributed by atoms with Gasteiger partial charge in [0.1, 0.15) is 17.5 Å². The second kappa shape index (κ2) is 11.3. The van der Waals surface area contributed by atoms with Gasteiger partial charge in [-0.15, -0.1) is 11.3 Å². The van der Waals surface area contributed by atoms with Crippen molar-refractivity contribution in [1.82, 2.24) is 20.1 Å². The van der Waals surface area contributed by atoms with Crippen molar-refractivity contribution in [2.45, 2.75) is 31.5 Å². The average molecular weight is 642 g/mol. The quantitative estimate of drug-likeness (QED) is 0.294. The molecule has 2 fully saturated rings. The Kier molecular flexibility index (Phi) is 7.27. The van der Waals surface area contributed by atoms with E-state index < -0.39 is 11.9 Å². The van der Waals surface area contributed by atoms with Crippen LogP contribution in [0.3, 0.4) is 0 Å². The van der Waals surface area contributed by atoms with Crippen LogP contribution in [0.1, 0.15) is 38.4 Å². The van der Waals surface area contributed by atoms with Crippen LogP contribution >= 0.6 is 11.3 Å². The minimum Gasteiger partial charge on any atom is -0.497 e. The average Bonchev–Trinajstić information content (AvgIpc) is 3.62. The molecule has 12 nitrogen and oxygen atoms in total. The number of benzene rings is 2. The van der Waals surface area contributed by atoms with E-state index in [9.17, 15) is 24.0 Å². The zero-order valence-corrected chi connectivity index (χ0v) is 26.2. The van der Waals surface area contributed by atoms with Crippen LogP contribution in [-0.2, 0) is 23.2 Å². The number of carbonyl (C=O) groups is 4. The summed E-state index contributed by atoms with van der Waals surface area (Å²) in [5.74, 6) is -0.0115. The number of rotatable bonds is 7. The fraction of sp³-hybridized carbons (Fsp3) is 0.303. The first kappa shape index (κ1) is 29.5. The third-order valence-electron chi connectivity index (χ3n) is 8.83. The van der Waals surface area contributed by atoms with E-state index in [0.29, 0.717) is 58.1 Å². The van der Waals surface area contributed by atoms with E-state index in [4.69, 9.17) is 9.47 Å².